The van der Waals surface area contributed by atoms with E-state index in [1.807, 2.05) is 0 Å². The molecule has 0 saturated heterocycles. The summed E-state index contributed by atoms with van der Waals surface area (Å²) in [6.07, 6.45) is 3.37. The van der Waals surface area contributed by atoms with Gasteiger partial charge in [-0.05, 0) is 12.8 Å². The maximum absolute atomic E-state index is 10.3. The van der Waals surface area contributed by atoms with Crippen molar-refractivity contribution in [2.75, 3.05) is 0 Å². The molecule has 0 bridgehead atoms. The van der Waals surface area contributed by atoms with Gasteiger partial charge < -0.3 is 21.7 Å². The minimum Gasteiger partial charge on any atom is -0.480 e. The molecule has 0 saturated carbocycles. The van der Waals surface area contributed by atoms with Crippen LogP contribution in [0.2, 0.25) is 0 Å². The minimum atomic E-state index is -1.09. The van der Waals surface area contributed by atoms with Crippen molar-refractivity contribution in [1.82, 2.24) is 0 Å². The zero-order valence-electron chi connectivity index (χ0n) is 8.41. The number of carboxylic acids is 2. The molecule has 16 heavy (non-hydrogen) atoms. The molecule has 6 N–H and O–H groups in total. The summed E-state index contributed by atoms with van der Waals surface area (Å²) in [5, 5.41) is 16.8. The van der Waals surface area contributed by atoms with Crippen LogP contribution < -0.4 is 11.5 Å². The Morgan fingerprint density at radius 2 is 1.19 bits per heavy atom. The van der Waals surface area contributed by atoms with Gasteiger partial charge in [0.2, 0.25) is 0 Å². The highest BCUT2D eigenvalue weighted by molar-refractivity contribution is 5.85. The Morgan fingerprint density at radius 3 is 1.38 bits per heavy atom. The molecule has 0 fully saturated rings. The van der Waals surface area contributed by atoms with Crippen LogP contribution in [-0.2, 0) is 9.59 Å². The average Bonchev–Trinajstić information content (AvgIpc) is 2.11. The van der Waals surface area contributed by atoms with Gasteiger partial charge in [-0.3, -0.25) is 9.59 Å². The normalized spacial score (nSPS) is 13.4. The number of rotatable bonds is 6. The van der Waals surface area contributed by atoms with Crippen LogP contribution in [0, 0.1) is 0 Å². The summed E-state index contributed by atoms with van der Waals surface area (Å²) in [5.74, 6) is -2.17. The van der Waals surface area contributed by atoms with E-state index in [0.717, 1.165) is 0 Å². The fourth-order valence-corrected chi connectivity index (χ4v) is 0.687. The summed E-state index contributed by atoms with van der Waals surface area (Å²) in [6, 6.07) is -1.90. The first-order valence-electron chi connectivity index (χ1n) is 4.07. The Morgan fingerprint density at radius 1 is 0.938 bits per heavy atom. The zero-order chi connectivity index (χ0) is 11.1. The Hall–Kier alpha value is -0.820. The summed E-state index contributed by atoms with van der Waals surface area (Å²) in [7, 11) is 0. The van der Waals surface area contributed by atoms with Crippen LogP contribution in [-0.4, -0.2) is 34.2 Å². The summed E-state index contributed by atoms with van der Waals surface area (Å²) in [4.78, 5) is 20.5. The van der Waals surface area contributed by atoms with E-state index in [9.17, 15) is 9.59 Å². The highest BCUT2D eigenvalue weighted by Gasteiger charge is 2.10. The van der Waals surface area contributed by atoms with Crippen LogP contribution in [0.15, 0.2) is 12.2 Å². The number of aliphatic carboxylic acids is 2. The van der Waals surface area contributed by atoms with E-state index >= 15 is 0 Å². The molecule has 0 aromatic rings. The number of carbonyl (C=O) groups is 2. The first-order valence-corrected chi connectivity index (χ1v) is 4.07. The molecule has 0 amide bonds. The lowest BCUT2D eigenvalue weighted by Crippen LogP contribution is -2.30. The number of halogens is 2. The first kappa shape index (κ1) is 20.6. The van der Waals surface area contributed by atoms with Crippen LogP contribution >= 0.6 is 24.8 Å². The number of hydrogen-bond donors (Lipinski definition) is 4. The molecule has 0 aliphatic heterocycles. The molecule has 0 aromatic heterocycles. The molecular weight excluding hydrogens is 259 g/mol. The second kappa shape index (κ2) is 10.7. The highest BCUT2D eigenvalue weighted by Crippen LogP contribution is 1.95. The van der Waals surface area contributed by atoms with Gasteiger partial charge in [0.15, 0.2) is 0 Å². The van der Waals surface area contributed by atoms with E-state index in [0.29, 0.717) is 0 Å². The highest BCUT2D eigenvalue weighted by atomic mass is 35.5. The van der Waals surface area contributed by atoms with Crippen LogP contribution in [0.25, 0.3) is 0 Å². The van der Waals surface area contributed by atoms with Gasteiger partial charge in [-0.25, -0.2) is 0 Å². The number of nitrogens with two attached hydrogens (primary N) is 2. The van der Waals surface area contributed by atoms with Gasteiger partial charge >= 0.3 is 11.9 Å². The van der Waals surface area contributed by atoms with Crippen molar-refractivity contribution < 1.29 is 19.8 Å². The molecular formula is C8H16Cl2N2O4. The molecule has 0 heterocycles. The van der Waals surface area contributed by atoms with Crippen LogP contribution in [0.1, 0.15) is 12.8 Å². The van der Waals surface area contributed by atoms with Crippen molar-refractivity contribution in [3.05, 3.63) is 12.2 Å². The summed E-state index contributed by atoms with van der Waals surface area (Å²) < 4.78 is 0. The summed E-state index contributed by atoms with van der Waals surface area (Å²) in [5.41, 5.74) is 10.4. The Bertz CT molecular complexity index is 224. The molecule has 6 nitrogen and oxygen atoms in total. The third-order valence-electron chi connectivity index (χ3n) is 1.58. The minimum absolute atomic E-state index is 0. The van der Waals surface area contributed by atoms with E-state index in [1.165, 1.54) is 12.2 Å². The predicted octanol–water partition coefficient (Wildman–Crippen LogP) is -0.00980. The lowest BCUT2D eigenvalue weighted by atomic mass is 10.1. The van der Waals surface area contributed by atoms with E-state index in [4.69, 9.17) is 21.7 Å². The molecule has 0 spiro atoms. The van der Waals surface area contributed by atoms with Crippen molar-refractivity contribution in [3.63, 3.8) is 0 Å². The first-order chi connectivity index (χ1) is 6.45. The lowest BCUT2D eigenvalue weighted by Gasteiger charge is -2.02. The van der Waals surface area contributed by atoms with Crippen LogP contribution in [0.5, 0.6) is 0 Å². The second-order valence-corrected chi connectivity index (χ2v) is 2.83. The van der Waals surface area contributed by atoms with E-state index in [2.05, 4.69) is 0 Å². The van der Waals surface area contributed by atoms with Crippen molar-refractivity contribution >= 4 is 36.8 Å². The molecule has 96 valence electrons. The van der Waals surface area contributed by atoms with Crippen LogP contribution in [0.4, 0.5) is 0 Å². The maximum Gasteiger partial charge on any atom is 0.320 e. The van der Waals surface area contributed by atoms with E-state index < -0.39 is 24.0 Å². The van der Waals surface area contributed by atoms with Crippen molar-refractivity contribution in [3.8, 4) is 0 Å². The van der Waals surface area contributed by atoms with Gasteiger partial charge in [0.1, 0.15) is 12.1 Å². The van der Waals surface area contributed by atoms with Gasteiger partial charge in [0.25, 0.3) is 0 Å². The van der Waals surface area contributed by atoms with Crippen molar-refractivity contribution in [2.45, 2.75) is 24.9 Å². The Balaban J connectivity index is -0.000000845. The second-order valence-electron chi connectivity index (χ2n) is 2.83. The van der Waals surface area contributed by atoms with Crippen molar-refractivity contribution in [2.24, 2.45) is 11.5 Å². The smallest absolute Gasteiger partial charge is 0.320 e. The topological polar surface area (TPSA) is 127 Å². The summed E-state index contributed by atoms with van der Waals surface area (Å²) >= 11 is 0. The average molecular weight is 275 g/mol. The molecule has 0 radical (unpaired) electrons. The van der Waals surface area contributed by atoms with Gasteiger partial charge in [0, 0.05) is 0 Å². The molecule has 0 aliphatic rings. The fraction of sp³-hybridized carbons (Fsp3) is 0.500. The predicted molar refractivity (Wildman–Crippen MR) is 64.1 cm³/mol. The largest absolute Gasteiger partial charge is 0.480 e. The monoisotopic (exact) mass is 274 g/mol. The summed E-state index contributed by atoms with van der Waals surface area (Å²) in [6.45, 7) is 0. The third kappa shape index (κ3) is 9.72. The third-order valence-corrected chi connectivity index (χ3v) is 1.58. The maximum atomic E-state index is 10.3. The SMILES string of the molecule is Cl.Cl.NC(CC=CCC(N)C(=O)O)C(=O)O. The van der Waals surface area contributed by atoms with Gasteiger partial charge in [-0.2, -0.15) is 0 Å². The Kier molecular flexibility index (Phi) is 13.7. The standard InChI is InChI=1S/C8H14N2O4.2ClH/c9-5(7(11)12)3-1-2-4-6(10)8(13)14;;/h1-2,5-6H,3-4,9-10H2,(H,11,12)(H,13,14);2*1H. The fourth-order valence-electron chi connectivity index (χ4n) is 0.687. The molecule has 0 rings (SSSR count). The Labute approximate surface area is 106 Å². The van der Waals surface area contributed by atoms with Gasteiger partial charge in [0.05, 0.1) is 0 Å². The van der Waals surface area contributed by atoms with Crippen LogP contribution in [0.3, 0.4) is 0 Å². The molecule has 2 atom stereocenters. The molecule has 0 aliphatic carbocycles. The molecule has 8 heteroatoms. The van der Waals surface area contributed by atoms with Gasteiger partial charge in [-0.1, -0.05) is 12.2 Å². The van der Waals surface area contributed by atoms with E-state index in [-0.39, 0.29) is 37.7 Å². The lowest BCUT2D eigenvalue weighted by molar-refractivity contribution is -0.139. The number of carboxylic acid groups (broad SMARTS) is 2. The quantitative estimate of drug-likeness (QED) is 0.505. The van der Waals surface area contributed by atoms with Gasteiger partial charge in [-0.15, -0.1) is 24.8 Å². The number of hydrogen-bond acceptors (Lipinski definition) is 4. The molecule has 0 aromatic carbocycles. The zero-order valence-corrected chi connectivity index (χ0v) is 10.0. The molecule has 2 unspecified atom stereocenters. The van der Waals surface area contributed by atoms with E-state index in [1.54, 1.807) is 0 Å². The van der Waals surface area contributed by atoms with Crippen molar-refractivity contribution in [1.29, 1.82) is 0 Å².